The van der Waals surface area contributed by atoms with E-state index in [2.05, 4.69) is 10.6 Å². The molecule has 2 amide bonds. The maximum Gasteiger partial charge on any atom is 0.307 e. The van der Waals surface area contributed by atoms with Crippen molar-refractivity contribution < 1.29 is 19.1 Å². The molecule has 0 radical (unpaired) electrons. The Balaban J connectivity index is 1.95. The fourth-order valence-corrected chi connectivity index (χ4v) is 2.71. The van der Waals surface area contributed by atoms with Crippen LogP contribution in [0.3, 0.4) is 0 Å². The van der Waals surface area contributed by atoms with Crippen molar-refractivity contribution in [2.45, 2.75) is 32.7 Å². The lowest BCUT2D eigenvalue weighted by molar-refractivity contribution is -0.148. The maximum absolute atomic E-state index is 12.3. The third kappa shape index (κ3) is 5.86. The summed E-state index contributed by atoms with van der Waals surface area (Å²) in [6.07, 6.45) is 0.675. The molecule has 0 bridgehead atoms. The van der Waals surface area contributed by atoms with E-state index in [0.29, 0.717) is 25.4 Å². The van der Waals surface area contributed by atoms with E-state index in [-0.39, 0.29) is 24.8 Å². The summed E-state index contributed by atoms with van der Waals surface area (Å²) in [5.74, 6) is -0.886. The van der Waals surface area contributed by atoms with Gasteiger partial charge in [0.15, 0.2) is 0 Å². The summed E-state index contributed by atoms with van der Waals surface area (Å²) in [7, 11) is 0. The van der Waals surface area contributed by atoms with Crippen LogP contribution in [-0.2, 0) is 19.1 Å². The normalized spacial score (nSPS) is 17.7. The summed E-state index contributed by atoms with van der Waals surface area (Å²) in [6.45, 7) is 5.20. The predicted octanol–water partition coefficient (Wildman–Crippen LogP) is 1.08. The van der Waals surface area contributed by atoms with Crippen molar-refractivity contribution in [1.29, 1.82) is 0 Å². The van der Waals surface area contributed by atoms with Gasteiger partial charge in [-0.1, -0.05) is 19.1 Å². The molecule has 0 aliphatic carbocycles. The Morgan fingerprint density at radius 3 is 2.92 bits per heavy atom. The number of carbonyl (C=O) groups is 3. The van der Waals surface area contributed by atoms with Gasteiger partial charge in [0.1, 0.15) is 6.04 Å². The van der Waals surface area contributed by atoms with Crippen molar-refractivity contribution >= 4 is 23.5 Å². The third-order valence-electron chi connectivity index (χ3n) is 3.92. The van der Waals surface area contributed by atoms with Gasteiger partial charge in [0, 0.05) is 18.8 Å². The minimum absolute atomic E-state index is 0.0487. The fourth-order valence-electron chi connectivity index (χ4n) is 2.71. The van der Waals surface area contributed by atoms with Gasteiger partial charge in [-0.2, -0.15) is 0 Å². The molecule has 1 aromatic rings. The van der Waals surface area contributed by atoms with Crippen LogP contribution in [0.1, 0.15) is 25.3 Å². The first-order valence-electron chi connectivity index (χ1n) is 8.53. The molecule has 2 N–H and O–H groups in total. The molecule has 0 aromatic heterocycles. The molecule has 1 heterocycles. The topological polar surface area (TPSA) is 87.7 Å². The number of aryl methyl sites for hydroxylation is 1. The minimum atomic E-state index is -0.679. The lowest BCUT2D eigenvalue weighted by atomic mass is 10.1. The first-order valence-corrected chi connectivity index (χ1v) is 8.53. The number of piperazine rings is 1. The van der Waals surface area contributed by atoms with Crippen LogP contribution < -0.4 is 10.6 Å². The number of rotatable bonds is 7. The van der Waals surface area contributed by atoms with Crippen LogP contribution >= 0.6 is 0 Å². The van der Waals surface area contributed by atoms with Crippen LogP contribution in [0, 0.1) is 6.92 Å². The number of hydrogen-bond acceptors (Lipinski definition) is 5. The summed E-state index contributed by atoms with van der Waals surface area (Å²) in [6, 6.07) is 6.82. The second kappa shape index (κ2) is 9.17. The molecule has 1 fully saturated rings. The number of hydrogen-bond donors (Lipinski definition) is 2. The van der Waals surface area contributed by atoms with Crippen molar-refractivity contribution in [3.63, 3.8) is 0 Å². The molecule has 7 nitrogen and oxygen atoms in total. The molecule has 1 aliphatic heterocycles. The van der Waals surface area contributed by atoms with Crippen molar-refractivity contribution in [1.82, 2.24) is 10.2 Å². The highest BCUT2D eigenvalue weighted by Crippen LogP contribution is 2.12. The van der Waals surface area contributed by atoms with Crippen LogP contribution in [0.5, 0.6) is 0 Å². The Bertz CT molecular complexity index is 633. The molecule has 7 heteroatoms. The summed E-state index contributed by atoms with van der Waals surface area (Å²) >= 11 is 0. The molecular weight excluding hydrogens is 322 g/mol. The van der Waals surface area contributed by atoms with Crippen molar-refractivity contribution in [3.8, 4) is 0 Å². The summed E-state index contributed by atoms with van der Waals surface area (Å²) in [5, 5.41) is 5.56. The number of ether oxygens (including phenoxy) is 1. The highest BCUT2D eigenvalue weighted by molar-refractivity contribution is 5.93. The van der Waals surface area contributed by atoms with Gasteiger partial charge >= 0.3 is 5.97 Å². The molecule has 1 unspecified atom stereocenters. The largest absolute Gasteiger partial charge is 0.466 e. The van der Waals surface area contributed by atoms with Gasteiger partial charge in [-0.3, -0.25) is 19.3 Å². The van der Waals surface area contributed by atoms with Crippen LogP contribution in [-0.4, -0.2) is 55.0 Å². The molecule has 136 valence electrons. The first-order chi connectivity index (χ1) is 12.0. The van der Waals surface area contributed by atoms with Crippen molar-refractivity contribution in [2.24, 2.45) is 0 Å². The smallest absolute Gasteiger partial charge is 0.307 e. The molecule has 1 aliphatic rings. The molecule has 1 atom stereocenters. The second-order valence-corrected chi connectivity index (χ2v) is 6.12. The molecule has 2 rings (SSSR count). The molecular formula is C18H25N3O4. The van der Waals surface area contributed by atoms with Crippen LogP contribution in [0.25, 0.3) is 0 Å². The maximum atomic E-state index is 12.3. The molecule has 25 heavy (non-hydrogen) atoms. The van der Waals surface area contributed by atoms with E-state index in [0.717, 1.165) is 12.0 Å². The standard InChI is InChI=1S/C18H25N3O4/c1-3-9-25-17(23)11-15-18(24)19-7-8-21(15)12-16(22)20-14-6-4-5-13(2)10-14/h4-6,10,15H,3,7-9,11-12H2,1-2H3,(H,19,24)(H,20,22). The van der Waals surface area contributed by atoms with Crippen LogP contribution in [0.15, 0.2) is 24.3 Å². The van der Waals surface area contributed by atoms with Crippen molar-refractivity contribution in [2.75, 3.05) is 31.6 Å². The zero-order chi connectivity index (χ0) is 18.2. The number of nitrogens with zero attached hydrogens (tertiary/aromatic N) is 1. The van der Waals surface area contributed by atoms with Crippen molar-refractivity contribution in [3.05, 3.63) is 29.8 Å². The van der Waals surface area contributed by atoms with Gasteiger partial charge in [0.05, 0.1) is 19.6 Å². The van der Waals surface area contributed by atoms with Gasteiger partial charge in [0.2, 0.25) is 11.8 Å². The SMILES string of the molecule is CCCOC(=O)CC1C(=O)NCCN1CC(=O)Nc1cccc(C)c1. The van der Waals surface area contributed by atoms with E-state index < -0.39 is 12.0 Å². The summed E-state index contributed by atoms with van der Waals surface area (Å²) < 4.78 is 5.06. The van der Waals surface area contributed by atoms with Gasteiger partial charge < -0.3 is 15.4 Å². The molecule has 1 saturated heterocycles. The van der Waals surface area contributed by atoms with Crippen LogP contribution in [0.4, 0.5) is 5.69 Å². The zero-order valence-corrected chi connectivity index (χ0v) is 14.7. The van der Waals surface area contributed by atoms with E-state index in [1.807, 2.05) is 38.1 Å². The first kappa shape index (κ1) is 18.9. The van der Waals surface area contributed by atoms with Crippen LogP contribution in [0.2, 0.25) is 0 Å². The van der Waals surface area contributed by atoms with E-state index in [4.69, 9.17) is 4.74 Å². The van der Waals surface area contributed by atoms with Gasteiger partial charge in [-0.15, -0.1) is 0 Å². The third-order valence-corrected chi connectivity index (χ3v) is 3.92. The molecule has 0 saturated carbocycles. The monoisotopic (exact) mass is 347 g/mol. The van der Waals surface area contributed by atoms with Gasteiger partial charge in [0.25, 0.3) is 0 Å². The number of nitrogens with one attached hydrogen (secondary N) is 2. The zero-order valence-electron chi connectivity index (χ0n) is 14.7. The Labute approximate surface area is 147 Å². The van der Waals surface area contributed by atoms with E-state index >= 15 is 0 Å². The summed E-state index contributed by atoms with van der Waals surface area (Å²) in [4.78, 5) is 38.0. The number of amides is 2. The Morgan fingerprint density at radius 2 is 2.20 bits per heavy atom. The van der Waals surface area contributed by atoms with E-state index in [1.165, 1.54) is 0 Å². The van der Waals surface area contributed by atoms with E-state index in [1.54, 1.807) is 4.90 Å². The van der Waals surface area contributed by atoms with Gasteiger partial charge in [-0.25, -0.2) is 0 Å². The minimum Gasteiger partial charge on any atom is -0.466 e. The lowest BCUT2D eigenvalue weighted by Crippen LogP contribution is -2.57. The number of benzene rings is 1. The lowest BCUT2D eigenvalue weighted by Gasteiger charge is -2.33. The Kier molecular flexibility index (Phi) is 6.94. The number of carbonyl (C=O) groups excluding carboxylic acids is 3. The van der Waals surface area contributed by atoms with E-state index in [9.17, 15) is 14.4 Å². The average Bonchev–Trinajstić information content (AvgIpc) is 2.56. The quantitative estimate of drug-likeness (QED) is 0.721. The Morgan fingerprint density at radius 1 is 1.40 bits per heavy atom. The highest BCUT2D eigenvalue weighted by Gasteiger charge is 2.33. The number of anilines is 1. The summed E-state index contributed by atoms with van der Waals surface area (Å²) in [5.41, 5.74) is 1.76. The molecule has 0 spiro atoms. The Hall–Kier alpha value is -2.41. The fraction of sp³-hybridized carbons (Fsp3) is 0.500. The molecule has 1 aromatic carbocycles. The van der Waals surface area contributed by atoms with Gasteiger partial charge in [-0.05, 0) is 31.0 Å². The highest BCUT2D eigenvalue weighted by atomic mass is 16.5. The average molecular weight is 347 g/mol. The second-order valence-electron chi connectivity index (χ2n) is 6.12. The predicted molar refractivity (Wildman–Crippen MR) is 94.0 cm³/mol. The number of esters is 1.